The van der Waals surface area contributed by atoms with E-state index in [1.54, 1.807) is 6.92 Å². The maximum atomic E-state index is 13.6. The Labute approximate surface area is 119 Å². The molecule has 8 heteroatoms. The van der Waals surface area contributed by atoms with Gasteiger partial charge in [0.1, 0.15) is 10.6 Å². The van der Waals surface area contributed by atoms with Crippen LogP contribution in [0.2, 0.25) is 0 Å². The van der Waals surface area contributed by atoms with Crippen LogP contribution in [0.4, 0.5) is 19.6 Å². The number of nitrogen functional groups attached to an aromatic ring is 1. The van der Waals surface area contributed by atoms with Gasteiger partial charge in [-0.1, -0.05) is 27.3 Å². The Balaban J connectivity index is 2.32. The molecule has 0 atom stereocenters. The quantitative estimate of drug-likeness (QED) is 0.875. The molecule has 0 fully saturated rings. The highest BCUT2D eigenvalue weighted by Gasteiger charge is 2.18. The van der Waals surface area contributed by atoms with Crippen molar-refractivity contribution in [3.63, 3.8) is 0 Å². The number of carbonyl (C=O) groups excluding carboxylic acids is 1. The van der Waals surface area contributed by atoms with E-state index in [1.165, 1.54) is 0 Å². The first-order valence-corrected chi connectivity index (χ1v) is 6.68. The number of nitrogens with one attached hydrogen (secondary N) is 1. The van der Waals surface area contributed by atoms with Crippen LogP contribution < -0.4 is 11.1 Å². The SMILES string of the molecule is Cc1nc(N)sc1C(=O)Nc1c(F)cc(Br)cc1F. The van der Waals surface area contributed by atoms with Crippen LogP contribution in [0.3, 0.4) is 0 Å². The first kappa shape index (κ1) is 13.9. The van der Waals surface area contributed by atoms with E-state index in [0.717, 1.165) is 23.5 Å². The largest absolute Gasteiger partial charge is 0.375 e. The van der Waals surface area contributed by atoms with Crippen LogP contribution in [-0.4, -0.2) is 10.9 Å². The molecule has 0 aliphatic heterocycles. The van der Waals surface area contributed by atoms with Crippen LogP contribution in [0.1, 0.15) is 15.4 Å². The number of nitrogens with zero attached hydrogens (tertiary/aromatic N) is 1. The molecule has 4 nitrogen and oxygen atoms in total. The highest BCUT2D eigenvalue weighted by atomic mass is 79.9. The zero-order valence-electron chi connectivity index (χ0n) is 9.63. The van der Waals surface area contributed by atoms with Crippen LogP contribution in [-0.2, 0) is 0 Å². The second-order valence-electron chi connectivity index (χ2n) is 3.67. The van der Waals surface area contributed by atoms with E-state index in [4.69, 9.17) is 5.73 Å². The summed E-state index contributed by atoms with van der Waals surface area (Å²) in [6.45, 7) is 1.59. The number of aryl methyl sites for hydroxylation is 1. The van der Waals surface area contributed by atoms with Gasteiger partial charge in [0, 0.05) is 4.47 Å². The molecule has 1 aromatic carbocycles. The number of hydrogen-bond acceptors (Lipinski definition) is 4. The molecule has 0 saturated heterocycles. The van der Waals surface area contributed by atoms with Gasteiger partial charge in [0.25, 0.3) is 5.91 Å². The summed E-state index contributed by atoms with van der Waals surface area (Å²) < 4.78 is 27.4. The fourth-order valence-corrected chi connectivity index (χ4v) is 2.59. The third-order valence-corrected chi connectivity index (χ3v) is 3.71. The molecule has 0 spiro atoms. The third kappa shape index (κ3) is 2.90. The van der Waals surface area contributed by atoms with Gasteiger partial charge in [-0.3, -0.25) is 4.79 Å². The van der Waals surface area contributed by atoms with E-state index in [-0.39, 0.29) is 14.5 Å². The molecule has 0 aliphatic carbocycles. The molecule has 0 unspecified atom stereocenters. The molecule has 0 radical (unpaired) electrons. The number of nitrogens with two attached hydrogens (primary N) is 1. The van der Waals surface area contributed by atoms with Crippen molar-refractivity contribution in [2.75, 3.05) is 11.1 Å². The molecular weight excluding hydrogens is 340 g/mol. The van der Waals surface area contributed by atoms with Crippen molar-refractivity contribution >= 4 is 44.0 Å². The maximum absolute atomic E-state index is 13.6. The predicted molar refractivity (Wildman–Crippen MR) is 73.3 cm³/mol. The summed E-state index contributed by atoms with van der Waals surface area (Å²) in [6.07, 6.45) is 0. The number of hydrogen-bond donors (Lipinski definition) is 2. The minimum absolute atomic E-state index is 0.221. The number of aromatic nitrogens is 1. The Kier molecular flexibility index (Phi) is 3.81. The van der Waals surface area contributed by atoms with Crippen molar-refractivity contribution in [2.24, 2.45) is 0 Å². The summed E-state index contributed by atoms with van der Waals surface area (Å²) in [6, 6.07) is 2.12. The average molecular weight is 348 g/mol. The van der Waals surface area contributed by atoms with Gasteiger partial charge in [0.05, 0.1) is 5.69 Å². The minimum atomic E-state index is -0.865. The smallest absolute Gasteiger partial charge is 0.267 e. The lowest BCUT2D eigenvalue weighted by Gasteiger charge is -2.07. The number of thiazole rings is 1. The van der Waals surface area contributed by atoms with Crippen LogP contribution >= 0.6 is 27.3 Å². The maximum Gasteiger partial charge on any atom is 0.267 e. The summed E-state index contributed by atoms with van der Waals surface area (Å²) in [7, 11) is 0. The van der Waals surface area contributed by atoms with Gasteiger partial charge in [-0.15, -0.1) is 0 Å². The van der Waals surface area contributed by atoms with Crippen LogP contribution in [0.5, 0.6) is 0 Å². The van der Waals surface area contributed by atoms with Gasteiger partial charge in [0.2, 0.25) is 0 Å². The molecule has 2 aromatic rings. The second kappa shape index (κ2) is 5.22. The number of halogens is 3. The Morgan fingerprint density at radius 3 is 2.47 bits per heavy atom. The number of benzene rings is 1. The molecule has 3 N–H and O–H groups in total. The number of anilines is 2. The number of rotatable bonds is 2. The summed E-state index contributed by atoms with van der Waals surface area (Å²) in [5.41, 5.74) is 5.38. The normalized spacial score (nSPS) is 10.5. The zero-order valence-corrected chi connectivity index (χ0v) is 12.0. The first-order valence-electron chi connectivity index (χ1n) is 5.07. The first-order chi connectivity index (χ1) is 8.88. The molecular formula is C11H8BrF2N3OS. The number of amides is 1. The molecule has 100 valence electrons. The van der Waals surface area contributed by atoms with E-state index in [9.17, 15) is 13.6 Å². The molecule has 0 aliphatic rings. The summed E-state index contributed by atoms with van der Waals surface area (Å²) in [5.74, 6) is -2.38. The summed E-state index contributed by atoms with van der Waals surface area (Å²) in [4.78, 5) is 16.0. The Morgan fingerprint density at radius 1 is 1.42 bits per heavy atom. The minimum Gasteiger partial charge on any atom is -0.375 e. The molecule has 19 heavy (non-hydrogen) atoms. The number of carbonyl (C=O) groups is 1. The van der Waals surface area contributed by atoms with Crippen LogP contribution in [0, 0.1) is 18.6 Å². The van der Waals surface area contributed by atoms with Gasteiger partial charge in [-0.05, 0) is 19.1 Å². The van der Waals surface area contributed by atoms with Crippen molar-refractivity contribution in [3.8, 4) is 0 Å². The van der Waals surface area contributed by atoms with Gasteiger partial charge in [-0.2, -0.15) is 0 Å². The van der Waals surface area contributed by atoms with E-state index in [1.807, 2.05) is 0 Å². The van der Waals surface area contributed by atoms with E-state index in [0.29, 0.717) is 5.69 Å². The lowest BCUT2D eigenvalue weighted by molar-refractivity contribution is 0.102. The van der Waals surface area contributed by atoms with E-state index < -0.39 is 23.2 Å². The van der Waals surface area contributed by atoms with Crippen molar-refractivity contribution in [3.05, 3.63) is 38.8 Å². The molecule has 1 heterocycles. The topological polar surface area (TPSA) is 68.0 Å². The fraction of sp³-hybridized carbons (Fsp3) is 0.0909. The van der Waals surface area contributed by atoms with Gasteiger partial charge in [-0.25, -0.2) is 13.8 Å². The van der Waals surface area contributed by atoms with Crippen molar-refractivity contribution < 1.29 is 13.6 Å². The van der Waals surface area contributed by atoms with Gasteiger partial charge < -0.3 is 11.1 Å². The lowest BCUT2D eigenvalue weighted by atomic mass is 10.2. The Hall–Kier alpha value is -1.54. The highest BCUT2D eigenvalue weighted by molar-refractivity contribution is 9.10. The average Bonchev–Trinajstić information content (AvgIpc) is 2.62. The summed E-state index contributed by atoms with van der Waals surface area (Å²) >= 11 is 3.91. The molecule has 0 saturated carbocycles. The van der Waals surface area contributed by atoms with Crippen molar-refractivity contribution in [1.29, 1.82) is 0 Å². The Bertz CT molecular complexity index is 636. The Morgan fingerprint density at radius 2 is 2.00 bits per heavy atom. The van der Waals surface area contributed by atoms with E-state index in [2.05, 4.69) is 26.2 Å². The highest BCUT2D eigenvalue weighted by Crippen LogP contribution is 2.26. The zero-order chi connectivity index (χ0) is 14.2. The standard InChI is InChI=1S/C11H8BrF2N3OS/c1-4-9(19-11(15)16-4)10(18)17-8-6(13)2-5(12)3-7(8)14/h2-3H,1H3,(H2,15,16)(H,17,18). The van der Waals surface area contributed by atoms with Crippen LogP contribution in [0.15, 0.2) is 16.6 Å². The summed E-state index contributed by atoms with van der Waals surface area (Å²) in [5, 5.41) is 2.40. The van der Waals surface area contributed by atoms with E-state index >= 15 is 0 Å². The molecule has 2 rings (SSSR count). The van der Waals surface area contributed by atoms with Gasteiger partial charge in [0.15, 0.2) is 16.8 Å². The fourth-order valence-electron chi connectivity index (χ4n) is 1.46. The van der Waals surface area contributed by atoms with Crippen LogP contribution in [0.25, 0.3) is 0 Å². The lowest BCUT2D eigenvalue weighted by Crippen LogP contribution is -2.14. The van der Waals surface area contributed by atoms with Gasteiger partial charge >= 0.3 is 0 Å². The molecule has 0 bridgehead atoms. The van der Waals surface area contributed by atoms with Crippen molar-refractivity contribution in [1.82, 2.24) is 4.98 Å². The molecule has 1 aromatic heterocycles. The monoisotopic (exact) mass is 347 g/mol. The molecule has 1 amide bonds. The predicted octanol–water partition coefficient (Wildman–Crippen LogP) is 3.33. The second-order valence-corrected chi connectivity index (χ2v) is 5.61. The van der Waals surface area contributed by atoms with Crippen molar-refractivity contribution in [2.45, 2.75) is 6.92 Å². The third-order valence-electron chi connectivity index (χ3n) is 2.26.